The van der Waals surface area contributed by atoms with Crippen LogP contribution in [0.4, 0.5) is 5.69 Å². The summed E-state index contributed by atoms with van der Waals surface area (Å²) in [6.07, 6.45) is 0. The SMILES string of the molecule is CNc1ccc2[nH]nc(C(=O)O)c2c1. The minimum atomic E-state index is -1.02. The van der Waals surface area contributed by atoms with Crippen LogP contribution in [0.3, 0.4) is 0 Å². The highest BCUT2D eigenvalue weighted by Gasteiger charge is 2.12. The molecule has 0 saturated heterocycles. The molecular weight excluding hydrogens is 182 g/mol. The molecule has 0 radical (unpaired) electrons. The van der Waals surface area contributed by atoms with E-state index in [-0.39, 0.29) is 5.69 Å². The van der Waals surface area contributed by atoms with Gasteiger partial charge in [-0.15, -0.1) is 0 Å². The molecule has 5 nitrogen and oxygen atoms in total. The Balaban J connectivity index is 2.69. The number of rotatable bonds is 2. The van der Waals surface area contributed by atoms with Gasteiger partial charge in [0.2, 0.25) is 0 Å². The van der Waals surface area contributed by atoms with Crippen molar-refractivity contribution in [2.45, 2.75) is 0 Å². The van der Waals surface area contributed by atoms with Crippen LogP contribution in [0.15, 0.2) is 18.2 Å². The minimum absolute atomic E-state index is 0.0529. The van der Waals surface area contributed by atoms with Crippen LogP contribution in [-0.4, -0.2) is 28.3 Å². The number of hydrogen-bond acceptors (Lipinski definition) is 3. The summed E-state index contributed by atoms with van der Waals surface area (Å²) in [6, 6.07) is 5.40. The molecule has 1 heterocycles. The Morgan fingerprint density at radius 1 is 1.57 bits per heavy atom. The molecule has 1 aromatic heterocycles. The summed E-state index contributed by atoms with van der Waals surface area (Å²) in [5, 5.41) is 18.8. The molecule has 0 fully saturated rings. The molecule has 5 heteroatoms. The molecule has 0 amide bonds. The molecule has 0 spiro atoms. The third kappa shape index (κ3) is 1.19. The third-order valence-corrected chi connectivity index (χ3v) is 2.05. The number of carboxylic acid groups (broad SMARTS) is 1. The largest absolute Gasteiger partial charge is 0.476 e. The molecule has 0 saturated carbocycles. The van der Waals surface area contributed by atoms with Gasteiger partial charge in [-0.05, 0) is 18.2 Å². The summed E-state index contributed by atoms with van der Waals surface area (Å²) in [6.45, 7) is 0. The topological polar surface area (TPSA) is 78.0 Å². The lowest BCUT2D eigenvalue weighted by atomic mass is 10.2. The number of aromatic amines is 1. The zero-order valence-electron chi connectivity index (χ0n) is 7.53. The summed E-state index contributed by atoms with van der Waals surface area (Å²) in [5.41, 5.74) is 1.64. The number of nitrogens with zero attached hydrogens (tertiary/aromatic N) is 1. The molecular formula is C9H9N3O2. The average molecular weight is 191 g/mol. The smallest absolute Gasteiger partial charge is 0.357 e. The van der Waals surface area contributed by atoms with E-state index in [2.05, 4.69) is 15.5 Å². The highest BCUT2D eigenvalue weighted by Crippen LogP contribution is 2.20. The van der Waals surface area contributed by atoms with Gasteiger partial charge < -0.3 is 10.4 Å². The molecule has 14 heavy (non-hydrogen) atoms. The Hall–Kier alpha value is -2.04. The van der Waals surface area contributed by atoms with Crippen molar-refractivity contribution >= 4 is 22.6 Å². The van der Waals surface area contributed by atoms with E-state index >= 15 is 0 Å². The first-order chi connectivity index (χ1) is 6.72. The third-order valence-electron chi connectivity index (χ3n) is 2.05. The number of benzene rings is 1. The van der Waals surface area contributed by atoms with E-state index in [1.165, 1.54) is 0 Å². The number of fused-ring (bicyclic) bond motifs is 1. The van der Waals surface area contributed by atoms with Gasteiger partial charge in [0, 0.05) is 18.1 Å². The van der Waals surface area contributed by atoms with E-state index in [1.54, 1.807) is 19.2 Å². The number of H-pyrrole nitrogens is 1. The van der Waals surface area contributed by atoms with Gasteiger partial charge in [-0.2, -0.15) is 5.10 Å². The number of carbonyl (C=O) groups is 1. The van der Waals surface area contributed by atoms with Gasteiger partial charge in [0.15, 0.2) is 5.69 Å². The molecule has 1 aromatic carbocycles. The van der Waals surface area contributed by atoms with Crippen LogP contribution in [0.1, 0.15) is 10.5 Å². The van der Waals surface area contributed by atoms with Gasteiger partial charge in [-0.3, -0.25) is 5.10 Å². The van der Waals surface area contributed by atoms with Crippen molar-refractivity contribution in [1.82, 2.24) is 10.2 Å². The summed E-state index contributed by atoms with van der Waals surface area (Å²) < 4.78 is 0. The van der Waals surface area contributed by atoms with Gasteiger partial charge in [0.1, 0.15) is 0 Å². The predicted molar refractivity (Wildman–Crippen MR) is 52.6 cm³/mol. The standard InChI is InChI=1S/C9H9N3O2/c1-10-5-2-3-7-6(4-5)8(9(13)14)12-11-7/h2-4,10H,1H3,(H,11,12)(H,13,14). The lowest BCUT2D eigenvalue weighted by Crippen LogP contribution is -1.97. The highest BCUT2D eigenvalue weighted by molar-refractivity contribution is 6.01. The van der Waals surface area contributed by atoms with Crippen LogP contribution in [0.2, 0.25) is 0 Å². The lowest BCUT2D eigenvalue weighted by molar-refractivity contribution is 0.0692. The van der Waals surface area contributed by atoms with Crippen molar-refractivity contribution in [3.05, 3.63) is 23.9 Å². The van der Waals surface area contributed by atoms with Gasteiger partial charge in [-0.1, -0.05) is 0 Å². The Kier molecular flexibility index (Phi) is 1.85. The van der Waals surface area contributed by atoms with Gasteiger partial charge in [0.05, 0.1) is 5.52 Å². The predicted octanol–water partition coefficient (Wildman–Crippen LogP) is 1.30. The second-order valence-electron chi connectivity index (χ2n) is 2.89. The fourth-order valence-electron chi connectivity index (χ4n) is 1.33. The van der Waals surface area contributed by atoms with E-state index in [0.717, 1.165) is 11.2 Å². The highest BCUT2D eigenvalue weighted by atomic mass is 16.4. The lowest BCUT2D eigenvalue weighted by Gasteiger charge is -1.98. The van der Waals surface area contributed by atoms with Crippen molar-refractivity contribution < 1.29 is 9.90 Å². The van der Waals surface area contributed by atoms with Crippen molar-refractivity contribution in [3.63, 3.8) is 0 Å². The summed E-state index contributed by atoms with van der Waals surface area (Å²) >= 11 is 0. The Labute approximate surface area is 79.7 Å². The molecule has 0 atom stereocenters. The van der Waals surface area contributed by atoms with Gasteiger partial charge in [-0.25, -0.2) is 4.79 Å². The van der Waals surface area contributed by atoms with Gasteiger partial charge in [0.25, 0.3) is 0 Å². The molecule has 2 aromatic rings. The first kappa shape index (κ1) is 8.55. The van der Waals surface area contributed by atoms with Crippen molar-refractivity contribution in [3.8, 4) is 0 Å². The second kappa shape index (κ2) is 3.02. The molecule has 0 aliphatic carbocycles. The van der Waals surface area contributed by atoms with E-state index in [1.807, 2.05) is 6.07 Å². The van der Waals surface area contributed by atoms with Crippen LogP contribution in [0.25, 0.3) is 10.9 Å². The summed E-state index contributed by atoms with van der Waals surface area (Å²) in [4.78, 5) is 10.8. The Bertz CT molecular complexity index is 490. The number of anilines is 1. The molecule has 0 aliphatic rings. The Morgan fingerprint density at radius 2 is 2.36 bits per heavy atom. The van der Waals surface area contributed by atoms with Crippen LogP contribution in [0.5, 0.6) is 0 Å². The summed E-state index contributed by atoms with van der Waals surface area (Å²) in [5.74, 6) is -1.02. The van der Waals surface area contributed by atoms with E-state index < -0.39 is 5.97 Å². The molecule has 3 N–H and O–H groups in total. The fraction of sp³-hybridized carbons (Fsp3) is 0.111. The first-order valence-corrected chi connectivity index (χ1v) is 4.11. The van der Waals surface area contributed by atoms with Gasteiger partial charge >= 0.3 is 5.97 Å². The number of aromatic nitrogens is 2. The van der Waals surface area contributed by atoms with Crippen LogP contribution < -0.4 is 5.32 Å². The molecule has 0 bridgehead atoms. The van der Waals surface area contributed by atoms with Crippen LogP contribution >= 0.6 is 0 Å². The molecule has 0 aliphatic heterocycles. The van der Waals surface area contributed by atoms with Crippen LogP contribution in [0, 0.1) is 0 Å². The monoisotopic (exact) mass is 191 g/mol. The minimum Gasteiger partial charge on any atom is -0.476 e. The number of aromatic carboxylic acids is 1. The molecule has 0 unspecified atom stereocenters. The molecule has 2 rings (SSSR count). The Morgan fingerprint density at radius 3 is 3.00 bits per heavy atom. The van der Waals surface area contributed by atoms with E-state index in [0.29, 0.717) is 5.39 Å². The van der Waals surface area contributed by atoms with Crippen molar-refractivity contribution in [2.75, 3.05) is 12.4 Å². The van der Waals surface area contributed by atoms with E-state index in [4.69, 9.17) is 5.11 Å². The quantitative estimate of drug-likeness (QED) is 0.668. The maximum atomic E-state index is 10.8. The normalized spacial score (nSPS) is 10.4. The zero-order chi connectivity index (χ0) is 10.1. The molecule has 72 valence electrons. The first-order valence-electron chi connectivity index (χ1n) is 4.11. The van der Waals surface area contributed by atoms with Crippen molar-refractivity contribution in [1.29, 1.82) is 0 Å². The second-order valence-corrected chi connectivity index (χ2v) is 2.89. The van der Waals surface area contributed by atoms with Crippen LogP contribution in [-0.2, 0) is 0 Å². The number of hydrogen-bond donors (Lipinski definition) is 3. The number of carboxylic acids is 1. The average Bonchev–Trinajstić information content (AvgIpc) is 2.59. The number of nitrogens with one attached hydrogen (secondary N) is 2. The van der Waals surface area contributed by atoms with E-state index in [9.17, 15) is 4.79 Å². The maximum absolute atomic E-state index is 10.8. The van der Waals surface area contributed by atoms with Crippen molar-refractivity contribution in [2.24, 2.45) is 0 Å². The fourth-order valence-corrected chi connectivity index (χ4v) is 1.33. The summed E-state index contributed by atoms with van der Waals surface area (Å²) in [7, 11) is 1.78. The maximum Gasteiger partial charge on any atom is 0.357 e. The zero-order valence-corrected chi connectivity index (χ0v) is 7.53.